The van der Waals surface area contributed by atoms with Crippen LogP contribution in [0.4, 0.5) is 5.69 Å². The van der Waals surface area contributed by atoms with Gasteiger partial charge in [-0.1, -0.05) is 17.3 Å². The number of anilines is 1. The van der Waals surface area contributed by atoms with Crippen LogP contribution in [0.25, 0.3) is 11.4 Å². The maximum Gasteiger partial charge on any atom is 0.253 e. The molecule has 1 saturated heterocycles. The minimum Gasteiger partial charge on any atom is -0.368 e. The van der Waals surface area contributed by atoms with Crippen LogP contribution in [-0.2, 0) is 0 Å². The number of hydrogen-bond acceptors (Lipinski definition) is 6. The molecule has 1 aromatic heterocycles. The smallest absolute Gasteiger partial charge is 0.253 e. The summed E-state index contributed by atoms with van der Waals surface area (Å²) in [4.78, 5) is 21.2. The lowest BCUT2D eigenvalue weighted by Gasteiger charge is -2.36. The fourth-order valence-electron chi connectivity index (χ4n) is 3.30. The first kappa shape index (κ1) is 17.7. The molecule has 0 saturated carbocycles. The van der Waals surface area contributed by atoms with Crippen molar-refractivity contribution in [2.24, 2.45) is 0 Å². The highest BCUT2D eigenvalue weighted by Gasteiger charge is 2.23. The zero-order valence-corrected chi connectivity index (χ0v) is 15.5. The molecule has 3 aromatic rings. The Bertz CT molecular complexity index is 1030. The number of benzene rings is 2. The van der Waals surface area contributed by atoms with E-state index in [1.165, 1.54) is 0 Å². The Kier molecular flexibility index (Phi) is 4.77. The summed E-state index contributed by atoms with van der Waals surface area (Å²) in [5.74, 6) is 0.977. The van der Waals surface area contributed by atoms with E-state index in [0.29, 0.717) is 35.9 Å². The predicted molar refractivity (Wildman–Crippen MR) is 104 cm³/mol. The average molecular weight is 373 g/mol. The normalized spacial score (nSPS) is 14.0. The van der Waals surface area contributed by atoms with Crippen LogP contribution in [0.5, 0.6) is 0 Å². The lowest BCUT2D eigenvalue weighted by atomic mass is 10.1. The zero-order chi connectivity index (χ0) is 19.5. The van der Waals surface area contributed by atoms with Crippen molar-refractivity contribution >= 4 is 11.6 Å². The third kappa shape index (κ3) is 3.58. The van der Waals surface area contributed by atoms with Crippen molar-refractivity contribution in [3.05, 3.63) is 65.5 Å². The van der Waals surface area contributed by atoms with Gasteiger partial charge >= 0.3 is 0 Å². The second kappa shape index (κ2) is 7.53. The first-order valence-corrected chi connectivity index (χ1v) is 9.09. The highest BCUT2D eigenvalue weighted by molar-refractivity contribution is 5.95. The minimum atomic E-state index is 0.00143. The van der Waals surface area contributed by atoms with Gasteiger partial charge in [0.05, 0.1) is 11.6 Å². The monoisotopic (exact) mass is 373 g/mol. The van der Waals surface area contributed by atoms with Crippen LogP contribution in [0.3, 0.4) is 0 Å². The number of aromatic nitrogens is 2. The molecule has 0 atom stereocenters. The third-order valence-corrected chi connectivity index (χ3v) is 4.82. The Morgan fingerprint density at radius 1 is 1.11 bits per heavy atom. The lowest BCUT2D eigenvalue weighted by Crippen LogP contribution is -2.48. The van der Waals surface area contributed by atoms with E-state index in [-0.39, 0.29) is 5.91 Å². The standard InChI is InChI=1S/C21H19N5O2/c1-15-23-20(24-28-15)17-3-2-4-18(13-17)21(27)26-11-9-25(10-12-26)19-7-5-16(14-22)6-8-19/h2-8,13H,9-12H2,1H3. The number of nitriles is 1. The molecule has 28 heavy (non-hydrogen) atoms. The summed E-state index contributed by atoms with van der Waals surface area (Å²) in [5, 5.41) is 12.8. The van der Waals surface area contributed by atoms with Crippen molar-refractivity contribution in [1.29, 1.82) is 5.26 Å². The van der Waals surface area contributed by atoms with Crippen LogP contribution in [0.15, 0.2) is 53.1 Å². The fourth-order valence-corrected chi connectivity index (χ4v) is 3.30. The number of nitrogens with zero attached hydrogens (tertiary/aromatic N) is 5. The van der Waals surface area contributed by atoms with E-state index in [1.54, 1.807) is 13.0 Å². The molecule has 0 bridgehead atoms. The molecule has 0 radical (unpaired) electrons. The second-order valence-corrected chi connectivity index (χ2v) is 6.66. The first-order chi connectivity index (χ1) is 13.6. The number of hydrogen-bond donors (Lipinski definition) is 0. The Morgan fingerprint density at radius 3 is 2.50 bits per heavy atom. The average Bonchev–Trinajstić information content (AvgIpc) is 3.20. The fraction of sp³-hybridized carbons (Fsp3) is 0.238. The molecule has 1 aliphatic heterocycles. The van der Waals surface area contributed by atoms with Gasteiger partial charge in [0.25, 0.3) is 5.91 Å². The maximum atomic E-state index is 12.9. The van der Waals surface area contributed by atoms with Crippen LogP contribution in [-0.4, -0.2) is 47.1 Å². The van der Waals surface area contributed by atoms with Crippen molar-refractivity contribution in [1.82, 2.24) is 15.0 Å². The van der Waals surface area contributed by atoms with Crippen molar-refractivity contribution in [3.8, 4) is 17.5 Å². The van der Waals surface area contributed by atoms with Crippen molar-refractivity contribution in [2.45, 2.75) is 6.92 Å². The highest BCUT2D eigenvalue weighted by atomic mass is 16.5. The van der Waals surface area contributed by atoms with E-state index in [0.717, 1.165) is 24.3 Å². The van der Waals surface area contributed by atoms with E-state index in [1.807, 2.05) is 47.4 Å². The molecule has 7 heteroatoms. The summed E-state index contributed by atoms with van der Waals surface area (Å²) >= 11 is 0. The topological polar surface area (TPSA) is 86.3 Å². The summed E-state index contributed by atoms with van der Waals surface area (Å²) in [7, 11) is 0. The van der Waals surface area contributed by atoms with Crippen LogP contribution >= 0.6 is 0 Å². The SMILES string of the molecule is Cc1nc(-c2cccc(C(=O)N3CCN(c4ccc(C#N)cc4)CC3)c2)no1. The molecule has 1 aliphatic rings. The number of aryl methyl sites for hydroxylation is 1. The Hall–Kier alpha value is -3.66. The van der Waals surface area contributed by atoms with Gasteiger partial charge < -0.3 is 14.3 Å². The Balaban J connectivity index is 1.43. The van der Waals surface area contributed by atoms with Crippen LogP contribution in [0.1, 0.15) is 21.8 Å². The molecule has 0 unspecified atom stereocenters. The lowest BCUT2D eigenvalue weighted by molar-refractivity contribution is 0.0747. The van der Waals surface area contributed by atoms with Gasteiger partial charge in [0.2, 0.25) is 11.7 Å². The van der Waals surface area contributed by atoms with Gasteiger partial charge in [0, 0.05) is 49.9 Å². The van der Waals surface area contributed by atoms with Crippen molar-refractivity contribution in [2.75, 3.05) is 31.1 Å². The summed E-state index contributed by atoms with van der Waals surface area (Å²) < 4.78 is 5.02. The molecule has 1 fully saturated rings. The summed E-state index contributed by atoms with van der Waals surface area (Å²) in [6, 6.07) is 17.0. The first-order valence-electron chi connectivity index (χ1n) is 9.09. The quantitative estimate of drug-likeness (QED) is 0.702. The predicted octanol–water partition coefficient (Wildman–Crippen LogP) is 2.88. The molecular weight excluding hydrogens is 354 g/mol. The van der Waals surface area contributed by atoms with Gasteiger partial charge in [0.15, 0.2) is 0 Å². The molecular formula is C21H19N5O2. The van der Waals surface area contributed by atoms with Crippen LogP contribution < -0.4 is 4.90 Å². The molecule has 2 heterocycles. The number of carbonyl (C=O) groups excluding carboxylic acids is 1. The highest BCUT2D eigenvalue weighted by Crippen LogP contribution is 2.21. The van der Waals surface area contributed by atoms with Gasteiger partial charge in [-0.3, -0.25) is 4.79 Å². The van der Waals surface area contributed by atoms with E-state index in [9.17, 15) is 4.79 Å². The largest absolute Gasteiger partial charge is 0.368 e. The van der Waals surface area contributed by atoms with Gasteiger partial charge in [-0.15, -0.1) is 0 Å². The molecule has 7 nitrogen and oxygen atoms in total. The minimum absolute atomic E-state index is 0.00143. The van der Waals surface area contributed by atoms with Crippen LogP contribution in [0, 0.1) is 18.3 Å². The van der Waals surface area contributed by atoms with Crippen LogP contribution in [0.2, 0.25) is 0 Å². The Labute approximate surface area is 162 Å². The van der Waals surface area contributed by atoms with Gasteiger partial charge in [-0.05, 0) is 36.4 Å². The zero-order valence-electron chi connectivity index (χ0n) is 15.5. The van der Waals surface area contributed by atoms with Crippen molar-refractivity contribution < 1.29 is 9.32 Å². The number of rotatable bonds is 3. The summed E-state index contributed by atoms with van der Waals surface area (Å²) in [6.45, 7) is 4.52. The second-order valence-electron chi connectivity index (χ2n) is 6.66. The maximum absolute atomic E-state index is 12.9. The molecule has 140 valence electrons. The molecule has 0 aliphatic carbocycles. The van der Waals surface area contributed by atoms with Crippen molar-refractivity contribution in [3.63, 3.8) is 0 Å². The van der Waals surface area contributed by atoms with Gasteiger partial charge in [0.1, 0.15) is 0 Å². The molecule has 1 amide bonds. The van der Waals surface area contributed by atoms with E-state index >= 15 is 0 Å². The van der Waals surface area contributed by atoms with E-state index < -0.39 is 0 Å². The summed E-state index contributed by atoms with van der Waals surface area (Å²) in [6.07, 6.45) is 0. The summed E-state index contributed by atoms with van der Waals surface area (Å²) in [5.41, 5.74) is 3.10. The molecule has 2 aromatic carbocycles. The molecule has 4 rings (SSSR count). The van der Waals surface area contributed by atoms with E-state index in [4.69, 9.17) is 9.78 Å². The number of carbonyl (C=O) groups is 1. The van der Waals surface area contributed by atoms with E-state index in [2.05, 4.69) is 21.1 Å². The third-order valence-electron chi connectivity index (χ3n) is 4.82. The molecule has 0 N–H and O–H groups in total. The number of amides is 1. The number of piperazine rings is 1. The van der Waals surface area contributed by atoms with Gasteiger partial charge in [-0.25, -0.2) is 0 Å². The van der Waals surface area contributed by atoms with Gasteiger partial charge in [-0.2, -0.15) is 10.2 Å². The molecule has 0 spiro atoms. The Morgan fingerprint density at radius 2 is 1.86 bits per heavy atom.